The Labute approximate surface area is 179 Å². The average Bonchev–Trinajstić information content (AvgIpc) is 3.28. The summed E-state index contributed by atoms with van der Waals surface area (Å²) in [5, 5.41) is 3.26. The van der Waals surface area contributed by atoms with Crippen LogP contribution in [0.4, 0.5) is 5.69 Å². The lowest BCUT2D eigenvalue weighted by Crippen LogP contribution is -2.15. The van der Waals surface area contributed by atoms with Crippen molar-refractivity contribution < 1.29 is 9.59 Å². The van der Waals surface area contributed by atoms with Gasteiger partial charge in [-0.15, -0.1) is 0 Å². The van der Waals surface area contributed by atoms with E-state index in [9.17, 15) is 9.59 Å². The van der Waals surface area contributed by atoms with Gasteiger partial charge in [0.25, 0.3) is 5.91 Å². The number of amides is 1. The molecule has 1 heterocycles. The van der Waals surface area contributed by atoms with Gasteiger partial charge in [-0.2, -0.15) is 0 Å². The quantitative estimate of drug-likeness (QED) is 0.447. The maximum absolute atomic E-state index is 12.9. The zero-order valence-corrected chi connectivity index (χ0v) is 16.7. The fourth-order valence-corrected chi connectivity index (χ4v) is 3.28. The fourth-order valence-electron chi connectivity index (χ4n) is 3.11. The summed E-state index contributed by atoms with van der Waals surface area (Å²) in [6, 6.07) is 21.1. The van der Waals surface area contributed by atoms with E-state index in [1.54, 1.807) is 67.1 Å². The number of hydrogen-bond donors (Lipinski definition) is 1. The molecule has 3 aromatic carbocycles. The van der Waals surface area contributed by atoms with Gasteiger partial charge in [-0.1, -0.05) is 54.1 Å². The standard InChI is InChI=1S/C24H18ClN3O2/c25-20-10-11-22(21(14-20)23(29)18-4-2-1-3-5-18)27-24(30)19-8-6-17(7-9-19)15-28-13-12-26-16-28/h1-14,16H,15H2,(H,27,30). The number of ketones is 1. The molecule has 0 saturated carbocycles. The SMILES string of the molecule is O=C(Nc1ccc(Cl)cc1C(=O)c1ccccc1)c1ccc(Cn2ccnc2)cc1. The molecule has 0 radical (unpaired) electrons. The molecule has 148 valence electrons. The maximum atomic E-state index is 12.9. The Kier molecular flexibility index (Phi) is 5.72. The number of rotatable bonds is 6. The second-order valence-corrected chi connectivity index (χ2v) is 7.21. The van der Waals surface area contributed by atoms with Crippen molar-refractivity contribution in [2.24, 2.45) is 0 Å². The Morgan fingerprint density at radius 1 is 0.933 bits per heavy atom. The predicted octanol–water partition coefficient (Wildman–Crippen LogP) is 5.07. The van der Waals surface area contributed by atoms with Crippen molar-refractivity contribution >= 4 is 29.0 Å². The number of benzene rings is 3. The van der Waals surface area contributed by atoms with Crippen LogP contribution in [0.3, 0.4) is 0 Å². The molecule has 1 aromatic heterocycles. The van der Waals surface area contributed by atoms with Gasteiger partial charge in [-0.3, -0.25) is 9.59 Å². The van der Waals surface area contributed by atoms with Crippen molar-refractivity contribution in [1.29, 1.82) is 0 Å². The molecule has 0 saturated heterocycles. The monoisotopic (exact) mass is 415 g/mol. The van der Waals surface area contributed by atoms with Crippen LogP contribution in [0, 0.1) is 0 Å². The fraction of sp³-hybridized carbons (Fsp3) is 0.0417. The first-order valence-corrected chi connectivity index (χ1v) is 9.73. The number of anilines is 1. The van der Waals surface area contributed by atoms with Crippen LogP contribution in [0.25, 0.3) is 0 Å². The first-order valence-electron chi connectivity index (χ1n) is 9.35. The Morgan fingerprint density at radius 3 is 2.40 bits per heavy atom. The zero-order chi connectivity index (χ0) is 20.9. The van der Waals surface area contributed by atoms with Crippen LogP contribution in [0.2, 0.25) is 5.02 Å². The highest BCUT2D eigenvalue weighted by Gasteiger charge is 2.16. The highest BCUT2D eigenvalue weighted by atomic mass is 35.5. The van der Waals surface area contributed by atoms with Gasteiger partial charge < -0.3 is 9.88 Å². The maximum Gasteiger partial charge on any atom is 0.255 e. The second kappa shape index (κ2) is 8.76. The number of carbonyl (C=O) groups excluding carboxylic acids is 2. The number of nitrogens with zero attached hydrogens (tertiary/aromatic N) is 2. The number of imidazole rings is 1. The first-order chi connectivity index (χ1) is 14.6. The smallest absolute Gasteiger partial charge is 0.255 e. The van der Waals surface area contributed by atoms with Gasteiger partial charge in [0.05, 0.1) is 12.0 Å². The van der Waals surface area contributed by atoms with E-state index in [1.807, 2.05) is 29.0 Å². The molecule has 0 aliphatic rings. The van der Waals surface area contributed by atoms with Crippen molar-refractivity contribution in [3.63, 3.8) is 0 Å². The number of aromatic nitrogens is 2. The van der Waals surface area contributed by atoms with Crippen LogP contribution in [0.1, 0.15) is 31.8 Å². The molecule has 1 N–H and O–H groups in total. The molecule has 0 aliphatic heterocycles. The normalized spacial score (nSPS) is 10.6. The molecular formula is C24H18ClN3O2. The highest BCUT2D eigenvalue weighted by molar-refractivity contribution is 6.31. The molecule has 6 heteroatoms. The van der Waals surface area contributed by atoms with Crippen molar-refractivity contribution in [2.45, 2.75) is 6.54 Å². The van der Waals surface area contributed by atoms with Gasteiger partial charge in [0.2, 0.25) is 0 Å². The minimum Gasteiger partial charge on any atom is -0.333 e. The van der Waals surface area contributed by atoms with Gasteiger partial charge in [0.1, 0.15) is 0 Å². The van der Waals surface area contributed by atoms with Gasteiger partial charge in [0, 0.05) is 40.7 Å². The lowest BCUT2D eigenvalue weighted by atomic mass is 10.0. The molecule has 0 bridgehead atoms. The average molecular weight is 416 g/mol. The Morgan fingerprint density at radius 2 is 1.70 bits per heavy atom. The van der Waals surface area contributed by atoms with E-state index in [-0.39, 0.29) is 11.7 Å². The molecule has 0 atom stereocenters. The van der Waals surface area contributed by atoms with Crippen LogP contribution in [0.15, 0.2) is 91.5 Å². The van der Waals surface area contributed by atoms with E-state index >= 15 is 0 Å². The van der Waals surface area contributed by atoms with Crippen molar-refractivity contribution in [1.82, 2.24) is 9.55 Å². The van der Waals surface area contributed by atoms with E-state index < -0.39 is 0 Å². The minimum absolute atomic E-state index is 0.205. The van der Waals surface area contributed by atoms with E-state index in [0.29, 0.717) is 33.9 Å². The highest BCUT2D eigenvalue weighted by Crippen LogP contribution is 2.24. The summed E-state index contributed by atoms with van der Waals surface area (Å²) in [4.78, 5) is 29.7. The first kappa shape index (κ1) is 19.6. The number of carbonyl (C=O) groups is 2. The summed E-state index contributed by atoms with van der Waals surface area (Å²) in [6.45, 7) is 0.675. The lowest BCUT2D eigenvalue weighted by molar-refractivity contribution is 0.102. The largest absolute Gasteiger partial charge is 0.333 e. The number of halogens is 1. The molecule has 4 aromatic rings. The van der Waals surface area contributed by atoms with Crippen molar-refractivity contribution in [3.8, 4) is 0 Å². The van der Waals surface area contributed by atoms with Gasteiger partial charge in [0.15, 0.2) is 5.78 Å². The van der Waals surface area contributed by atoms with Crippen LogP contribution in [-0.4, -0.2) is 21.2 Å². The van der Waals surface area contributed by atoms with Crippen LogP contribution in [-0.2, 0) is 6.54 Å². The topological polar surface area (TPSA) is 64.0 Å². The van der Waals surface area contributed by atoms with Gasteiger partial charge in [-0.25, -0.2) is 4.98 Å². The van der Waals surface area contributed by atoms with E-state index in [1.165, 1.54) is 0 Å². The molecule has 5 nitrogen and oxygen atoms in total. The summed E-state index contributed by atoms with van der Waals surface area (Å²) in [6.07, 6.45) is 5.35. The summed E-state index contributed by atoms with van der Waals surface area (Å²) in [5.41, 5.74) is 2.84. The predicted molar refractivity (Wildman–Crippen MR) is 117 cm³/mol. The van der Waals surface area contributed by atoms with Crippen LogP contribution < -0.4 is 5.32 Å². The van der Waals surface area contributed by atoms with Gasteiger partial charge in [-0.05, 0) is 35.9 Å². The molecule has 4 rings (SSSR count). The third-order valence-electron chi connectivity index (χ3n) is 4.65. The Balaban J connectivity index is 1.54. The van der Waals surface area contributed by atoms with Crippen LogP contribution >= 0.6 is 11.6 Å². The summed E-state index contributed by atoms with van der Waals surface area (Å²) < 4.78 is 1.95. The van der Waals surface area contributed by atoms with E-state index in [0.717, 1.165) is 5.56 Å². The lowest BCUT2D eigenvalue weighted by Gasteiger charge is -2.12. The third-order valence-corrected chi connectivity index (χ3v) is 4.89. The van der Waals surface area contributed by atoms with Crippen molar-refractivity contribution in [2.75, 3.05) is 5.32 Å². The molecule has 30 heavy (non-hydrogen) atoms. The van der Waals surface area contributed by atoms with Gasteiger partial charge >= 0.3 is 0 Å². The molecule has 0 aliphatic carbocycles. The Hall–Kier alpha value is -3.70. The van der Waals surface area contributed by atoms with Crippen molar-refractivity contribution in [3.05, 3.63) is 119 Å². The third kappa shape index (κ3) is 4.47. The summed E-state index contributed by atoms with van der Waals surface area (Å²) in [7, 11) is 0. The molecular weight excluding hydrogens is 398 g/mol. The summed E-state index contributed by atoms with van der Waals surface area (Å²) >= 11 is 6.11. The van der Waals surface area contributed by atoms with Crippen LogP contribution in [0.5, 0.6) is 0 Å². The van der Waals surface area contributed by atoms with E-state index in [4.69, 9.17) is 11.6 Å². The minimum atomic E-state index is -0.298. The van der Waals surface area contributed by atoms with E-state index in [2.05, 4.69) is 10.3 Å². The molecule has 1 amide bonds. The second-order valence-electron chi connectivity index (χ2n) is 6.77. The molecule has 0 spiro atoms. The molecule has 0 unspecified atom stereocenters. The Bertz CT molecular complexity index is 1170. The summed E-state index contributed by atoms with van der Waals surface area (Å²) in [5.74, 6) is -0.502. The number of nitrogens with one attached hydrogen (secondary N) is 1. The zero-order valence-electron chi connectivity index (χ0n) is 16.0. The number of hydrogen-bond acceptors (Lipinski definition) is 3. The molecule has 0 fully saturated rings.